The zero-order valence-corrected chi connectivity index (χ0v) is 15.7. The Hall–Kier alpha value is -2.21. The van der Waals surface area contributed by atoms with Gasteiger partial charge in [-0.05, 0) is 68.1 Å². The fourth-order valence-electron chi connectivity index (χ4n) is 3.55. The molecule has 2 aromatic rings. The van der Waals surface area contributed by atoms with Crippen LogP contribution in [0.2, 0.25) is 0 Å². The molecular formula is C20H22FNO3S. The van der Waals surface area contributed by atoms with Crippen molar-refractivity contribution in [1.29, 1.82) is 0 Å². The molecule has 1 N–H and O–H groups in total. The van der Waals surface area contributed by atoms with Gasteiger partial charge >= 0.3 is 0 Å². The Morgan fingerprint density at radius 3 is 2.27 bits per heavy atom. The monoisotopic (exact) mass is 375 g/mol. The molecule has 0 saturated heterocycles. The molecule has 0 spiro atoms. The first-order valence-corrected chi connectivity index (χ1v) is 10.1. The van der Waals surface area contributed by atoms with Crippen LogP contribution in [0.5, 0.6) is 0 Å². The minimum atomic E-state index is -3.87. The molecule has 1 aliphatic carbocycles. The molecule has 4 nitrogen and oxygen atoms in total. The lowest BCUT2D eigenvalue weighted by atomic mass is 10.1. The number of rotatable bonds is 4. The minimum absolute atomic E-state index is 0.216. The smallest absolute Gasteiger partial charge is 0.246 e. The van der Waals surface area contributed by atoms with Crippen LogP contribution in [0.1, 0.15) is 36.8 Å². The van der Waals surface area contributed by atoms with Crippen LogP contribution in [-0.4, -0.2) is 19.1 Å². The van der Waals surface area contributed by atoms with Crippen LogP contribution >= 0.6 is 0 Å². The van der Waals surface area contributed by atoms with E-state index in [-0.39, 0.29) is 17.7 Å². The van der Waals surface area contributed by atoms with Crippen molar-refractivity contribution in [3.8, 4) is 0 Å². The number of carbonyl (C=O) groups is 1. The Labute approximate surface area is 153 Å². The van der Waals surface area contributed by atoms with Crippen molar-refractivity contribution in [2.24, 2.45) is 0 Å². The van der Waals surface area contributed by atoms with Crippen molar-refractivity contribution in [2.45, 2.75) is 49.2 Å². The number of amides is 1. The molecule has 1 saturated carbocycles. The molecule has 1 fully saturated rings. The van der Waals surface area contributed by atoms with Gasteiger partial charge in [-0.3, -0.25) is 4.79 Å². The van der Waals surface area contributed by atoms with Crippen molar-refractivity contribution < 1.29 is 17.6 Å². The number of hydrogen-bond donors (Lipinski definition) is 1. The predicted octanol–water partition coefficient (Wildman–Crippen LogP) is 4.17. The van der Waals surface area contributed by atoms with Crippen LogP contribution in [0.3, 0.4) is 0 Å². The van der Waals surface area contributed by atoms with E-state index in [1.54, 1.807) is 19.1 Å². The molecule has 0 atom stereocenters. The number of hydrogen-bond acceptors (Lipinski definition) is 3. The SMILES string of the molecule is Cc1ccc(C)c(S(=O)(=O)C2(C(=O)Nc3ccc(F)cc3)CCCC2)c1. The number of halogens is 1. The fraction of sp³-hybridized carbons (Fsp3) is 0.350. The van der Waals surface area contributed by atoms with E-state index in [0.29, 0.717) is 24.1 Å². The van der Waals surface area contributed by atoms with Crippen molar-refractivity contribution in [3.63, 3.8) is 0 Å². The number of benzene rings is 2. The highest BCUT2D eigenvalue weighted by Gasteiger charge is 2.53. The molecule has 0 unspecified atom stereocenters. The summed E-state index contributed by atoms with van der Waals surface area (Å²) in [5.74, 6) is -0.955. The van der Waals surface area contributed by atoms with Crippen molar-refractivity contribution in [1.82, 2.24) is 0 Å². The summed E-state index contributed by atoms with van der Waals surface area (Å²) in [5, 5.41) is 2.68. The first kappa shape index (κ1) is 18.6. The summed E-state index contributed by atoms with van der Waals surface area (Å²) in [4.78, 5) is 13.3. The normalized spacial score (nSPS) is 16.4. The first-order valence-electron chi connectivity index (χ1n) is 8.65. The zero-order chi connectivity index (χ0) is 18.9. The maximum atomic E-state index is 13.5. The molecule has 26 heavy (non-hydrogen) atoms. The Balaban J connectivity index is 2.03. The molecular weight excluding hydrogens is 353 g/mol. The maximum Gasteiger partial charge on any atom is 0.246 e. The van der Waals surface area contributed by atoms with Gasteiger partial charge in [0.1, 0.15) is 5.82 Å². The first-order chi connectivity index (χ1) is 12.3. The summed E-state index contributed by atoms with van der Waals surface area (Å²) < 4.78 is 38.6. The number of aryl methyl sites for hydroxylation is 2. The van der Waals surface area contributed by atoms with E-state index in [4.69, 9.17) is 0 Å². The average molecular weight is 375 g/mol. The van der Waals surface area contributed by atoms with Crippen LogP contribution < -0.4 is 5.32 Å². The summed E-state index contributed by atoms with van der Waals surface area (Å²) in [6.45, 7) is 3.57. The predicted molar refractivity (Wildman–Crippen MR) is 99.3 cm³/mol. The van der Waals surface area contributed by atoms with Crippen molar-refractivity contribution >= 4 is 21.4 Å². The maximum absolute atomic E-state index is 13.5. The van der Waals surface area contributed by atoms with Gasteiger partial charge < -0.3 is 5.32 Å². The van der Waals surface area contributed by atoms with E-state index in [1.807, 2.05) is 13.0 Å². The van der Waals surface area contributed by atoms with Gasteiger partial charge in [-0.1, -0.05) is 25.0 Å². The van der Waals surface area contributed by atoms with E-state index in [2.05, 4.69) is 5.32 Å². The van der Waals surface area contributed by atoms with E-state index in [1.165, 1.54) is 24.3 Å². The molecule has 0 radical (unpaired) electrons. The highest BCUT2D eigenvalue weighted by Crippen LogP contribution is 2.42. The third kappa shape index (κ3) is 3.14. The molecule has 3 rings (SSSR count). The second-order valence-corrected chi connectivity index (χ2v) is 9.16. The van der Waals surface area contributed by atoms with Gasteiger partial charge in [0.25, 0.3) is 0 Å². The van der Waals surface area contributed by atoms with Crippen molar-refractivity contribution in [2.75, 3.05) is 5.32 Å². The number of nitrogens with one attached hydrogen (secondary N) is 1. The summed E-state index contributed by atoms with van der Waals surface area (Å²) in [5.41, 5.74) is 1.86. The lowest BCUT2D eigenvalue weighted by molar-refractivity contribution is -0.118. The second kappa shape index (κ2) is 6.83. The van der Waals surface area contributed by atoms with E-state index in [0.717, 1.165) is 5.56 Å². The van der Waals surface area contributed by atoms with Gasteiger partial charge in [0, 0.05) is 5.69 Å². The quantitative estimate of drug-likeness (QED) is 0.872. The fourth-order valence-corrected chi connectivity index (χ4v) is 5.92. The molecule has 0 aliphatic heterocycles. The summed E-state index contributed by atoms with van der Waals surface area (Å²) in [7, 11) is -3.87. The number of anilines is 1. The number of sulfone groups is 1. The van der Waals surface area contributed by atoms with Gasteiger partial charge in [-0.25, -0.2) is 12.8 Å². The molecule has 2 aromatic carbocycles. The van der Waals surface area contributed by atoms with Gasteiger partial charge in [-0.15, -0.1) is 0 Å². The van der Waals surface area contributed by atoms with Gasteiger partial charge in [0.05, 0.1) is 4.90 Å². The minimum Gasteiger partial charge on any atom is -0.325 e. The molecule has 0 aromatic heterocycles. The van der Waals surface area contributed by atoms with Crippen LogP contribution in [0.25, 0.3) is 0 Å². The molecule has 1 aliphatic rings. The summed E-state index contributed by atoms with van der Waals surface area (Å²) in [6.07, 6.45) is 1.94. The highest BCUT2D eigenvalue weighted by atomic mass is 32.2. The molecule has 1 amide bonds. The lowest BCUT2D eigenvalue weighted by Crippen LogP contribution is -2.47. The summed E-state index contributed by atoms with van der Waals surface area (Å²) in [6, 6.07) is 10.6. The Morgan fingerprint density at radius 1 is 1.04 bits per heavy atom. The third-order valence-corrected chi connectivity index (χ3v) is 7.72. The van der Waals surface area contributed by atoms with Crippen LogP contribution in [0, 0.1) is 19.7 Å². The largest absolute Gasteiger partial charge is 0.325 e. The van der Waals surface area contributed by atoms with Gasteiger partial charge in [0.2, 0.25) is 5.91 Å². The van der Waals surface area contributed by atoms with Crippen LogP contribution in [0.4, 0.5) is 10.1 Å². The zero-order valence-electron chi connectivity index (χ0n) is 14.9. The number of carbonyl (C=O) groups excluding carboxylic acids is 1. The lowest BCUT2D eigenvalue weighted by Gasteiger charge is -2.28. The molecule has 6 heteroatoms. The van der Waals surface area contributed by atoms with Gasteiger partial charge in [0.15, 0.2) is 14.6 Å². The standard InChI is InChI=1S/C20H22FNO3S/c1-14-5-6-15(2)18(13-14)26(24,25)20(11-3-4-12-20)19(23)22-17-9-7-16(21)8-10-17/h5-10,13H,3-4,11-12H2,1-2H3,(H,22,23). The van der Waals surface area contributed by atoms with Crippen molar-refractivity contribution in [3.05, 3.63) is 59.4 Å². The van der Waals surface area contributed by atoms with E-state index < -0.39 is 26.3 Å². The topological polar surface area (TPSA) is 63.2 Å². The third-order valence-electron chi connectivity index (χ3n) is 5.07. The van der Waals surface area contributed by atoms with E-state index in [9.17, 15) is 17.6 Å². The van der Waals surface area contributed by atoms with Crippen LogP contribution in [-0.2, 0) is 14.6 Å². The Bertz CT molecular complexity index is 930. The Kier molecular flexibility index (Phi) is 4.88. The van der Waals surface area contributed by atoms with E-state index >= 15 is 0 Å². The molecule has 138 valence electrons. The Morgan fingerprint density at radius 2 is 1.65 bits per heavy atom. The van der Waals surface area contributed by atoms with Gasteiger partial charge in [-0.2, -0.15) is 0 Å². The highest BCUT2D eigenvalue weighted by molar-refractivity contribution is 7.93. The molecule has 0 heterocycles. The molecule has 0 bridgehead atoms. The second-order valence-electron chi connectivity index (χ2n) is 6.93. The summed E-state index contributed by atoms with van der Waals surface area (Å²) >= 11 is 0. The van der Waals surface area contributed by atoms with Crippen LogP contribution in [0.15, 0.2) is 47.4 Å². The average Bonchev–Trinajstić information content (AvgIpc) is 3.11.